The van der Waals surface area contributed by atoms with Crippen molar-refractivity contribution in [3.63, 3.8) is 0 Å². The minimum atomic E-state index is -0.213. The van der Waals surface area contributed by atoms with Crippen LogP contribution in [0.4, 0.5) is 5.69 Å². The highest BCUT2D eigenvalue weighted by atomic mass is 32.1. The standard InChI is InChI=1S/C15H20N2OS/c1-5-15(3,4)17-14(18)13-12(16)10-7-6-9(2)8-11(10)19-13/h6-8H,5,16H2,1-4H3,(H,17,18). The Kier molecular flexibility index (Phi) is 3.54. The number of carbonyl (C=O) groups is 1. The topological polar surface area (TPSA) is 55.1 Å². The molecule has 1 aromatic heterocycles. The smallest absolute Gasteiger partial charge is 0.263 e. The highest BCUT2D eigenvalue weighted by Gasteiger charge is 2.22. The zero-order valence-corrected chi connectivity index (χ0v) is 12.6. The summed E-state index contributed by atoms with van der Waals surface area (Å²) in [7, 11) is 0. The van der Waals surface area contributed by atoms with Crippen LogP contribution in [0.5, 0.6) is 0 Å². The first-order chi connectivity index (χ1) is 8.84. The Bertz CT molecular complexity index is 628. The molecule has 1 aromatic carbocycles. The van der Waals surface area contributed by atoms with Gasteiger partial charge in [-0.15, -0.1) is 11.3 Å². The molecule has 0 bridgehead atoms. The normalized spacial score (nSPS) is 11.8. The zero-order chi connectivity index (χ0) is 14.2. The lowest BCUT2D eigenvalue weighted by atomic mass is 10.0. The number of nitrogens with one attached hydrogen (secondary N) is 1. The zero-order valence-electron chi connectivity index (χ0n) is 11.8. The van der Waals surface area contributed by atoms with E-state index in [1.165, 1.54) is 16.9 Å². The molecule has 19 heavy (non-hydrogen) atoms. The van der Waals surface area contributed by atoms with Gasteiger partial charge in [0.2, 0.25) is 0 Å². The number of nitrogen functional groups attached to an aromatic ring is 1. The maximum atomic E-state index is 12.3. The number of fused-ring (bicyclic) bond motifs is 1. The summed E-state index contributed by atoms with van der Waals surface area (Å²) < 4.78 is 1.07. The van der Waals surface area contributed by atoms with E-state index in [1.54, 1.807) is 0 Å². The van der Waals surface area contributed by atoms with Crippen molar-refractivity contribution in [1.82, 2.24) is 5.32 Å². The first-order valence-electron chi connectivity index (χ1n) is 6.45. The predicted molar refractivity (Wildman–Crippen MR) is 82.8 cm³/mol. The van der Waals surface area contributed by atoms with Gasteiger partial charge in [0.15, 0.2) is 0 Å². The van der Waals surface area contributed by atoms with E-state index in [1.807, 2.05) is 32.9 Å². The van der Waals surface area contributed by atoms with Crippen molar-refractivity contribution in [2.24, 2.45) is 0 Å². The van der Waals surface area contributed by atoms with Gasteiger partial charge >= 0.3 is 0 Å². The Morgan fingerprint density at radius 2 is 2.11 bits per heavy atom. The van der Waals surface area contributed by atoms with Gasteiger partial charge < -0.3 is 11.1 Å². The van der Waals surface area contributed by atoms with Crippen LogP contribution in [0.2, 0.25) is 0 Å². The summed E-state index contributed by atoms with van der Waals surface area (Å²) in [5, 5.41) is 4.00. The van der Waals surface area contributed by atoms with Gasteiger partial charge in [0.1, 0.15) is 4.88 Å². The Balaban J connectivity index is 2.40. The molecule has 0 aliphatic carbocycles. The van der Waals surface area contributed by atoms with Crippen LogP contribution >= 0.6 is 11.3 Å². The summed E-state index contributed by atoms with van der Waals surface area (Å²) in [4.78, 5) is 12.9. The molecule has 0 spiro atoms. The van der Waals surface area contributed by atoms with E-state index in [2.05, 4.69) is 18.3 Å². The third-order valence-electron chi connectivity index (χ3n) is 3.43. The molecule has 3 nitrogen and oxygen atoms in total. The van der Waals surface area contributed by atoms with Crippen molar-refractivity contribution in [3.05, 3.63) is 28.6 Å². The molecule has 2 rings (SSSR count). The molecular formula is C15H20N2OS. The lowest BCUT2D eigenvalue weighted by molar-refractivity contribution is 0.0916. The van der Waals surface area contributed by atoms with Crippen molar-refractivity contribution in [2.75, 3.05) is 5.73 Å². The summed E-state index contributed by atoms with van der Waals surface area (Å²) >= 11 is 1.46. The lowest BCUT2D eigenvalue weighted by Crippen LogP contribution is -2.42. The number of rotatable bonds is 3. The molecule has 1 heterocycles. The quantitative estimate of drug-likeness (QED) is 0.898. The monoisotopic (exact) mass is 276 g/mol. The highest BCUT2D eigenvalue weighted by molar-refractivity contribution is 7.21. The van der Waals surface area contributed by atoms with E-state index in [9.17, 15) is 4.79 Å². The van der Waals surface area contributed by atoms with Gasteiger partial charge in [-0.1, -0.05) is 19.1 Å². The number of nitrogens with two attached hydrogens (primary N) is 1. The number of hydrogen-bond donors (Lipinski definition) is 2. The van der Waals surface area contributed by atoms with Gasteiger partial charge in [-0.2, -0.15) is 0 Å². The Labute approximate surface area is 117 Å². The van der Waals surface area contributed by atoms with Crippen LogP contribution in [-0.4, -0.2) is 11.4 Å². The Morgan fingerprint density at radius 1 is 1.42 bits per heavy atom. The average Bonchev–Trinajstić information content (AvgIpc) is 2.66. The summed E-state index contributed by atoms with van der Waals surface area (Å²) in [5.74, 6) is -0.0804. The first-order valence-corrected chi connectivity index (χ1v) is 7.27. The van der Waals surface area contributed by atoms with Crippen molar-refractivity contribution in [2.45, 2.75) is 39.7 Å². The molecular weight excluding hydrogens is 256 g/mol. The van der Waals surface area contributed by atoms with Gasteiger partial charge in [-0.05, 0) is 38.8 Å². The van der Waals surface area contributed by atoms with E-state index in [4.69, 9.17) is 5.73 Å². The molecule has 2 aromatic rings. The van der Waals surface area contributed by atoms with Crippen LogP contribution in [0.15, 0.2) is 18.2 Å². The average molecular weight is 276 g/mol. The molecule has 4 heteroatoms. The number of hydrogen-bond acceptors (Lipinski definition) is 3. The number of carbonyl (C=O) groups excluding carboxylic acids is 1. The molecule has 0 aliphatic heterocycles. The van der Waals surface area contributed by atoms with Crippen LogP contribution in [0.25, 0.3) is 10.1 Å². The fourth-order valence-electron chi connectivity index (χ4n) is 1.84. The molecule has 0 saturated heterocycles. The number of aryl methyl sites for hydroxylation is 1. The number of amides is 1. The third kappa shape index (κ3) is 2.73. The maximum Gasteiger partial charge on any atom is 0.263 e. The third-order valence-corrected chi connectivity index (χ3v) is 4.59. The van der Waals surface area contributed by atoms with E-state index in [-0.39, 0.29) is 11.4 Å². The van der Waals surface area contributed by atoms with Gasteiger partial charge in [0, 0.05) is 15.6 Å². The summed E-state index contributed by atoms with van der Waals surface area (Å²) in [6.45, 7) is 8.12. The molecule has 0 saturated carbocycles. The molecule has 0 unspecified atom stereocenters. The van der Waals surface area contributed by atoms with Crippen LogP contribution in [0, 0.1) is 6.92 Å². The minimum Gasteiger partial charge on any atom is -0.397 e. The van der Waals surface area contributed by atoms with Crippen LogP contribution in [0.3, 0.4) is 0 Å². The lowest BCUT2D eigenvalue weighted by Gasteiger charge is -2.24. The Hall–Kier alpha value is -1.55. The molecule has 0 aliphatic rings. The number of anilines is 1. The van der Waals surface area contributed by atoms with E-state index in [0.29, 0.717) is 10.6 Å². The van der Waals surface area contributed by atoms with E-state index < -0.39 is 0 Å². The fourth-order valence-corrected chi connectivity index (χ4v) is 2.96. The first kappa shape index (κ1) is 13.9. The minimum absolute atomic E-state index is 0.0804. The summed E-state index contributed by atoms with van der Waals surface area (Å²) in [6, 6.07) is 6.07. The van der Waals surface area contributed by atoms with Crippen molar-refractivity contribution < 1.29 is 4.79 Å². The predicted octanol–water partition coefficient (Wildman–Crippen LogP) is 3.71. The summed E-state index contributed by atoms with van der Waals surface area (Å²) in [5.41, 5.74) is 7.65. The largest absolute Gasteiger partial charge is 0.397 e. The number of benzene rings is 1. The fraction of sp³-hybridized carbons (Fsp3) is 0.400. The second-order valence-electron chi connectivity index (χ2n) is 5.54. The van der Waals surface area contributed by atoms with Gasteiger partial charge in [0.05, 0.1) is 5.69 Å². The van der Waals surface area contributed by atoms with Crippen LogP contribution in [-0.2, 0) is 0 Å². The second kappa shape index (κ2) is 4.85. The van der Waals surface area contributed by atoms with Crippen molar-refractivity contribution >= 4 is 33.0 Å². The molecule has 1 amide bonds. The molecule has 0 radical (unpaired) electrons. The van der Waals surface area contributed by atoms with Gasteiger partial charge in [0.25, 0.3) is 5.91 Å². The molecule has 102 valence electrons. The van der Waals surface area contributed by atoms with Crippen molar-refractivity contribution in [1.29, 1.82) is 0 Å². The van der Waals surface area contributed by atoms with E-state index in [0.717, 1.165) is 16.5 Å². The SMILES string of the molecule is CCC(C)(C)NC(=O)c1sc2cc(C)ccc2c1N. The molecule has 0 atom stereocenters. The van der Waals surface area contributed by atoms with Crippen molar-refractivity contribution in [3.8, 4) is 0 Å². The van der Waals surface area contributed by atoms with Crippen LogP contribution in [0.1, 0.15) is 42.4 Å². The number of thiophene rings is 1. The highest BCUT2D eigenvalue weighted by Crippen LogP contribution is 2.34. The van der Waals surface area contributed by atoms with E-state index >= 15 is 0 Å². The maximum absolute atomic E-state index is 12.3. The molecule has 0 fully saturated rings. The van der Waals surface area contributed by atoms with Crippen LogP contribution < -0.4 is 11.1 Å². The summed E-state index contributed by atoms with van der Waals surface area (Å²) in [6.07, 6.45) is 0.878. The van der Waals surface area contributed by atoms with Gasteiger partial charge in [-0.3, -0.25) is 4.79 Å². The van der Waals surface area contributed by atoms with Gasteiger partial charge in [-0.25, -0.2) is 0 Å². The second-order valence-corrected chi connectivity index (χ2v) is 6.59. The Morgan fingerprint density at radius 3 is 2.74 bits per heavy atom. The molecule has 3 N–H and O–H groups in total.